The summed E-state index contributed by atoms with van der Waals surface area (Å²) < 4.78 is 5.42. The fourth-order valence-electron chi connectivity index (χ4n) is 1.47. The summed E-state index contributed by atoms with van der Waals surface area (Å²) in [7, 11) is 0. The summed E-state index contributed by atoms with van der Waals surface area (Å²) in [6.07, 6.45) is 3.28. The van der Waals surface area contributed by atoms with Gasteiger partial charge in [-0.3, -0.25) is 4.98 Å². The zero-order valence-electron chi connectivity index (χ0n) is 9.71. The van der Waals surface area contributed by atoms with Gasteiger partial charge in [0.15, 0.2) is 0 Å². The fraction of sp³-hybridized carbons (Fsp3) is 0.0769. The second-order valence-corrected chi connectivity index (χ2v) is 4.16. The summed E-state index contributed by atoms with van der Waals surface area (Å²) in [5.41, 5.74) is 0.539. The van der Waals surface area contributed by atoms with Crippen LogP contribution >= 0.6 is 11.6 Å². The second-order valence-electron chi connectivity index (χ2n) is 3.76. The van der Waals surface area contributed by atoms with E-state index >= 15 is 0 Å². The van der Waals surface area contributed by atoms with Crippen LogP contribution < -0.4 is 4.74 Å². The molecule has 98 valence electrons. The van der Waals surface area contributed by atoms with Crippen LogP contribution in [0.1, 0.15) is 15.9 Å². The van der Waals surface area contributed by atoms with E-state index in [0.717, 1.165) is 5.56 Å². The third-order valence-electron chi connectivity index (χ3n) is 2.40. The molecule has 5 nitrogen and oxygen atoms in total. The molecular weight excluding hydrogens is 270 g/mol. The van der Waals surface area contributed by atoms with Gasteiger partial charge in [-0.1, -0.05) is 17.7 Å². The quantitative estimate of drug-likeness (QED) is 0.899. The SMILES string of the molecule is O=C(O)c1cc(OCc2cccnc2)cc(Cl)c1O. The molecule has 0 saturated carbocycles. The number of carboxylic acids is 1. The predicted molar refractivity (Wildman–Crippen MR) is 68.6 cm³/mol. The summed E-state index contributed by atoms with van der Waals surface area (Å²) >= 11 is 5.74. The van der Waals surface area contributed by atoms with Gasteiger partial charge in [0.1, 0.15) is 23.7 Å². The zero-order valence-corrected chi connectivity index (χ0v) is 10.5. The number of rotatable bonds is 4. The molecule has 0 atom stereocenters. The van der Waals surface area contributed by atoms with Gasteiger partial charge < -0.3 is 14.9 Å². The van der Waals surface area contributed by atoms with Gasteiger partial charge >= 0.3 is 5.97 Å². The van der Waals surface area contributed by atoms with Crippen molar-refractivity contribution in [1.29, 1.82) is 0 Å². The number of benzene rings is 1. The van der Waals surface area contributed by atoms with E-state index in [2.05, 4.69) is 4.98 Å². The number of carbonyl (C=O) groups is 1. The van der Waals surface area contributed by atoms with Crippen molar-refractivity contribution in [2.45, 2.75) is 6.61 Å². The highest BCUT2D eigenvalue weighted by Gasteiger charge is 2.15. The summed E-state index contributed by atoms with van der Waals surface area (Å²) in [5, 5.41) is 18.3. The van der Waals surface area contributed by atoms with Crippen molar-refractivity contribution >= 4 is 17.6 Å². The van der Waals surface area contributed by atoms with E-state index in [1.165, 1.54) is 12.1 Å². The molecule has 0 aliphatic rings. The van der Waals surface area contributed by atoms with Crippen LogP contribution in [0.15, 0.2) is 36.7 Å². The van der Waals surface area contributed by atoms with Gasteiger partial charge in [0.05, 0.1) is 5.02 Å². The number of aromatic hydroxyl groups is 1. The summed E-state index contributed by atoms with van der Waals surface area (Å²) in [6, 6.07) is 6.18. The Balaban J connectivity index is 2.19. The molecule has 0 unspecified atom stereocenters. The van der Waals surface area contributed by atoms with Crippen LogP contribution in [0.2, 0.25) is 5.02 Å². The molecule has 2 aromatic rings. The van der Waals surface area contributed by atoms with Crippen molar-refractivity contribution in [3.63, 3.8) is 0 Å². The van der Waals surface area contributed by atoms with Gasteiger partial charge in [0.25, 0.3) is 0 Å². The average molecular weight is 280 g/mol. The van der Waals surface area contributed by atoms with Crippen molar-refractivity contribution in [2.24, 2.45) is 0 Å². The third kappa shape index (κ3) is 3.14. The number of aromatic carboxylic acids is 1. The Morgan fingerprint density at radius 2 is 2.21 bits per heavy atom. The second kappa shape index (κ2) is 5.58. The minimum atomic E-state index is -1.27. The molecule has 0 amide bonds. The van der Waals surface area contributed by atoms with E-state index in [9.17, 15) is 9.90 Å². The molecule has 2 rings (SSSR count). The van der Waals surface area contributed by atoms with Gasteiger partial charge in [-0.15, -0.1) is 0 Å². The van der Waals surface area contributed by atoms with Crippen LogP contribution in [0.25, 0.3) is 0 Å². The van der Waals surface area contributed by atoms with E-state index < -0.39 is 11.7 Å². The number of phenols is 1. The number of halogens is 1. The van der Waals surface area contributed by atoms with Crippen LogP contribution in [0.3, 0.4) is 0 Å². The molecule has 0 aliphatic carbocycles. The van der Waals surface area contributed by atoms with Crippen LogP contribution in [0.5, 0.6) is 11.5 Å². The number of aromatic nitrogens is 1. The van der Waals surface area contributed by atoms with Crippen molar-refractivity contribution in [3.05, 3.63) is 52.8 Å². The van der Waals surface area contributed by atoms with Gasteiger partial charge in [-0.2, -0.15) is 0 Å². The highest BCUT2D eigenvalue weighted by atomic mass is 35.5. The number of carboxylic acid groups (broad SMARTS) is 1. The average Bonchev–Trinajstić information content (AvgIpc) is 2.41. The van der Waals surface area contributed by atoms with Crippen molar-refractivity contribution < 1.29 is 19.7 Å². The predicted octanol–water partition coefficient (Wildman–Crippen LogP) is 2.72. The third-order valence-corrected chi connectivity index (χ3v) is 2.68. The van der Waals surface area contributed by atoms with Gasteiger partial charge in [0, 0.05) is 24.0 Å². The van der Waals surface area contributed by atoms with E-state index in [4.69, 9.17) is 21.4 Å². The minimum absolute atomic E-state index is 0.0684. The van der Waals surface area contributed by atoms with Crippen LogP contribution in [0.4, 0.5) is 0 Å². The first-order valence-electron chi connectivity index (χ1n) is 5.35. The lowest BCUT2D eigenvalue weighted by Gasteiger charge is -2.09. The summed E-state index contributed by atoms with van der Waals surface area (Å²) in [5.74, 6) is -1.47. The summed E-state index contributed by atoms with van der Waals surface area (Å²) in [4.78, 5) is 14.9. The molecule has 0 radical (unpaired) electrons. The van der Waals surface area contributed by atoms with Crippen LogP contribution in [-0.4, -0.2) is 21.2 Å². The molecule has 0 spiro atoms. The fourth-order valence-corrected chi connectivity index (χ4v) is 1.68. The zero-order chi connectivity index (χ0) is 13.8. The number of ether oxygens (including phenoxy) is 1. The van der Waals surface area contributed by atoms with Crippen LogP contribution in [-0.2, 0) is 6.61 Å². The Bertz CT molecular complexity index is 601. The molecule has 19 heavy (non-hydrogen) atoms. The lowest BCUT2D eigenvalue weighted by Crippen LogP contribution is -2.00. The first-order valence-corrected chi connectivity index (χ1v) is 5.73. The number of pyridine rings is 1. The molecule has 0 fully saturated rings. The standard InChI is InChI=1S/C13H10ClNO4/c14-11-5-9(4-10(12(11)16)13(17)18)19-7-8-2-1-3-15-6-8/h1-6,16H,7H2,(H,17,18). The van der Waals surface area contributed by atoms with E-state index in [1.54, 1.807) is 18.5 Å². The Morgan fingerprint density at radius 3 is 2.84 bits per heavy atom. The Hall–Kier alpha value is -2.27. The maximum absolute atomic E-state index is 10.9. The van der Waals surface area contributed by atoms with E-state index in [1.807, 2.05) is 6.07 Å². The molecule has 1 aromatic heterocycles. The molecule has 6 heteroatoms. The molecule has 0 aliphatic heterocycles. The van der Waals surface area contributed by atoms with Gasteiger partial charge in [-0.25, -0.2) is 4.79 Å². The molecule has 2 N–H and O–H groups in total. The lowest BCUT2D eigenvalue weighted by atomic mass is 10.2. The maximum Gasteiger partial charge on any atom is 0.339 e. The summed E-state index contributed by atoms with van der Waals surface area (Å²) in [6.45, 7) is 0.230. The molecule has 1 heterocycles. The lowest BCUT2D eigenvalue weighted by molar-refractivity contribution is 0.0693. The largest absolute Gasteiger partial charge is 0.505 e. The van der Waals surface area contributed by atoms with Crippen LogP contribution in [0, 0.1) is 0 Å². The van der Waals surface area contributed by atoms with Gasteiger partial charge in [-0.05, 0) is 12.1 Å². The number of hydrogen-bond acceptors (Lipinski definition) is 4. The Kier molecular flexibility index (Phi) is 3.87. The topological polar surface area (TPSA) is 79.7 Å². The first kappa shape index (κ1) is 13.2. The normalized spacial score (nSPS) is 10.2. The number of nitrogens with zero attached hydrogens (tertiary/aromatic N) is 1. The monoisotopic (exact) mass is 279 g/mol. The Morgan fingerprint density at radius 1 is 1.42 bits per heavy atom. The maximum atomic E-state index is 10.9. The van der Waals surface area contributed by atoms with Gasteiger partial charge in [0.2, 0.25) is 0 Å². The highest BCUT2D eigenvalue weighted by Crippen LogP contribution is 2.32. The van der Waals surface area contributed by atoms with E-state index in [-0.39, 0.29) is 22.9 Å². The molecular formula is C13H10ClNO4. The molecule has 1 aromatic carbocycles. The highest BCUT2D eigenvalue weighted by molar-refractivity contribution is 6.32. The smallest absolute Gasteiger partial charge is 0.339 e. The Labute approximate surface area is 114 Å². The minimum Gasteiger partial charge on any atom is -0.505 e. The number of hydrogen-bond donors (Lipinski definition) is 2. The molecule has 0 saturated heterocycles. The van der Waals surface area contributed by atoms with Crippen molar-refractivity contribution in [1.82, 2.24) is 4.98 Å². The van der Waals surface area contributed by atoms with E-state index in [0.29, 0.717) is 0 Å². The van der Waals surface area contributed by atoms with Crippen molar-refractivity contribution in [3.8, 4) is 11.5 Å². The molecule has 0 bridgehead atoms. The van der Waals surface area contributed by atoms with Crippen molar-refractivity contribution in [2.75, 3.05) is 0 Å². The first-order chi connectivity index (χ1) is 9.08.